The summed E-state index contributed by atoms with van der Waals surface area (Å²) in [6.45, 7) is 8.25. The van der Waals surface area contributed by atoms with E-state index in [2.05, 4.69) is 0 Å². The van der Waals surface area contributed by atoms with E-state index in [1.165, 1.54) is 4.90 Å². The van der Waals surface area contributed by atoms with Crippen LogP contribution in [0, 0.1) is 5.92 Å². The topological polar surface area (TPSA) is 60.9 Å². The number of aliphatic carboxylic acids is 1. The molecule has 0 aromatic carbocycles. The summed E-state index contributed by atoms with van der Waals surface area (Å²) in [5, 5.41) is 8.77. The van der Waals surface area contributed by atoms with E-state index in [9.17, 15) is 9.59 Å². The lowest BCUT2D eigenvalue weighted by molar-refractivity contribution is -0.141. The van der Waals surface area contributed by atoms with E-state index >= 15 is 0 Å². The minimum Gasteiger partial charge on any atom is -0.481 e. The molecule has 0 aromatic rings. The van der Waals surface area contributed by atoms with Crippen molar-refractivity contribution in [2.24, 2.45) is 5.92 Å². The summed E-state index contributed by atoms with van der Waals surface area (Å²) in [5.74, 6) is -1.42. The Bertz CT molecular complexity index is 254. The van der Waals surface area contributed by atoms with E-state index < -0.39 is 11.9 Å². The highest BCUT2D eigenvalue weighted by molar-refractivity contribution is 5.76. The zero-order chi connectivity index (χ0) is 12.9. The number of carboxylic acid groups (broad SMARTS) is 1. The summed E-state index contributed by atoms with van der Waals surface area (Å²) in [6.07, 6.45) is 0. The summed E-state index contributed by atoms with van der Waals surface area (Å²) in [4.78, 5) is 25.8. The number of nitrogens with zero attached hydrogens (tertiary/aromatic N) is 2. The average Bonchev–Trinajstić information content (AvgIpc) is 2.17. The molecule has 16 heavy (non-hydrogen) atoms. The molecule has 5 heteroatoms. The Labute approximate surface area is 97.0 Å². The molecule has 0 rings (SSSR count). The molecule has 1 N–H and O–H groups in total. The lowest BCUT2D eigenvalue weighted by atomic mass is 10.2. The molecule has 94 valence electrons. The van der Waals surface area contributed by atoms with Crippen LogP contribution in [0.3, 0.4) is 0 Å². The molecular weight excluding hydrogens is 208 g/mol. The third-order valence-electron chi connectivity index (χ3n) is 2.51. The minimum absolute atomic E-state index is 0.120. The second-order valence-corrected chi connectivity index (χ2v) is 4.28. The fourth-order valence-electron chi connectivity index (χ4n) is 1.51. The quantitative estimate of drug-likeness (QED) is 0.778. The Balaban J connectivity index is 4.42. The third kappa shape index (κ3) is 4.08. The van der Waals surface area contributed by atoms with Gasteiger partial charge in [0.2, 0.25) is 0 Å². The number of rotatable bonds is 5. The Morgan fingerprint density at radius 2 is 1.75 bits per heavy atom. The van der Waals surface area contributed by atoms with Gasteiger partial charge in [0.05, 0.1) is 5.92 Å². The van der Waals surface area contributed by atoms with Crippen molar-refractivity contribution in [3.05, 3.63) is 0 Å². The molecule has 0 saturated carbocycles. The Morgan fingerprint density at radius 1 is 1.25 bits per heavy atom. The first-order chi connectivity index (χ1) is 7.31. The predicted molar refractivity (Wildman–Crippen MR) is 62.3 cm³/mol. The highest BCUT2D eigenvalue weighted by Gasteiger charge is 2.22. The molecular formula is C11H22N2O3. The van der Waals surface area contributed by atoms with Gasteiger partial charge in [-0.3, -0.25) is 4.79 Å². The molecule has 0 aliphatic carbocycles. The van der Waals surface area contributed by atoms with E-state index in [4.69, 9.17) is 5.11 Å². The lowest BCUT2D eigenvalue weighted by Gasteiger charge is -2.31. The fourth-order valence-corrected chi connectivity index (χ4v) is 1.51. The number of amides is 2. The predicted octanol–water partition coefficient (Wildman–Crippen LogP) is 1.49. The van der Waals surface area contributed by atoms with E-state index in [0.29, 0.717) is 6.54 Å². The number of carbonyl (C=O) groups is 2. The summed E-state index contributed by atoms with van der Waals surface area (Å²) in [6, 6.07) is 0.00526. The molecule has 1 atom stereocenters. The molecule has 1 unspecified atom stereocenters. The zero-order valence-corrected chi connectivity index (χ0v) is 10.7. The SMILES string of the molecule is CCN(C(=O)N(C)CC(C)C(=O)O)C(C)C. The first-order valence-corrected chi connectivity index (χ1v) is 5.55. The van der Waals surface area contributed by atoms with Crippen LogP contribution in [-0.4, -0.2) is 53.1 Å². The Morgan fingerprint density at radius 3 is 2.06 bits per heavy atom. The van der Waals surface area contributed by atoms with Gasteiger partial charge >= 0.3 is 12.0 Å². The summed E-state index contributed by atoms with van der Waals surface area (Å²) < 4.78 is 0. The highest BCUT2D eigenvalue weighted by Crippen LogP contribution is 2.05. The number of carboxylic acids is 1. The van der Waals surface area contributed by atoms with Crippen LogP contribution < -0.4 is 0 Å². The Hall–Kier alpha value is -1.26. The van der Waals surface area contributed by atoms with Gasteiger partial charge in [-0.15, -0.1) is 0 Å². The lowest BCUT2D eigenvalue weighted by Crippen LogP contribution is -2.46. The molecule has 0 aliphatic rings. The van der Waals surface area contributed by atoms with Crippen LogP contribution in [0.1, 0.15) is 27.7 Å². The van der Waals surface area contributed by atoms with Crippen LogP contribution >= 0.6 is 0 Å². The first-order valence-electron chi connectivity index (χ1n) is 5.55. The third-order valence-corrected chi connectivity index (χ3v) is 2.51. The molecule has 0 heterocycles. The van der Waals surface area contributed by atoms with Gasteiger partial charge in [-0.2, -0.15) is 0 Å². The largest absolute Gasteiger partial charge is 0.481 e. The molecule has 0 bridgehead atoms. The van der Waals surface area contributed by atoms with Crippen LogP contribution in [0.2, 0.25) is 0 Å². The maximum Gasteiger partial charge on any atom is 0.319 e. The number of carbonyl (C=O) groups excluding carboxylic acids is 1. The van der Waals surface area contributed by atoms with Gasteiger partial charge in [0.25, 0.3) is 0 Å². The maximum atomic E-state index is 11.9. The molecule has 0 spiro atoms. The van der Waals surface area contributed by atoms with Gasteiger partial charge < -0.3 is 14.9 Å². The van der Waals surface area contributed by atoms with Gasteiger partial charge in [0.1, 0.15) is 0 Å². The first kappa shape index (κ1) is 14.7. The molecule has 0 aromatic heterocycles. The van der Waals surface area contributed by atoms with Crippen molar-refractivity contribution in [1.29, 1.82) is 0 Å². The molecule has 0 aliphatic heterocycles. The maximum absolute atomic E-state index is 11.9. The molecule has 0 saturated heterocycles. The Kier molecular flexibility index (Phi) is 5.85. The van der Waals surface area contributed by atoms with Crippen molar-refractivity contribution in [3.63, 3.8) is 0 Å². The van der Waals surface area contributed by atoms with Gasteiger partial charge in [-0.25, -0.2) is 4.79 Å². The van der Waals surface area contributed by atoms with Crippen LogP contribution in [0.25, 0.3) is 0 Å². The van der Waals surface area contributed by atoms with Crippen LogP contribution in [-0.2, 0) is 4.79 Å². The molecule has 2 amide bonds. The highest BCUT2D eigenvalue weighted by atomic mass is 16.4. The van der Waals surface area contributed by atoms with E-state index in [1.54, 1.807) is 18.9 Å². The van der Waals surface area contributed by atoms with Crippen molar-refractivity contribution < 1.29 is 14.7 Å². The van der Waals surface area contributed by atoms with Crippen LogP contribution in [0.5, 0.6) is 0 Å². The normalized spacial score (nSPS) is 12.4. The van der Waals surface area contributed by atoms with Crippen molar-refractivity contribution in [1.82, 2.24) is 9.80 Å². The fraction of sp³-hybridized carbons (Fsp3) is 0.818. The summed E-state index contributed by atoms with van der Waals surface area (Å²) >= 11 is 0. The van der Waals surface area contributed by atoms with E-state index in [-0.39, 0.29) is 18.6 Å². The molecule has 0 radical (unpaired) electrons. The van der Waals surface area contributed by atoms with Crippen molar-refractivity contribution in [2.45, 2.75) is 33.7 Å². The van der Waals surface area contributed by atoms with E-state index in [1.807, 2.05) is 20.8 Å². The van der Waals surface area contributed by atoms with Gasteiger partial charge in [0, 0.05) is 26.2 Å². The second kappa shape index (κ2) is 6.35. The number of urea groups is 1. The second-order valence-electron chi connectivity index (χ2n) is 4.28. The van der Waals surface area contributed by atoms with Gasteiger partial charge in [-0.05, 0) is 20.8 Å². The zero-order valence-electron chi connectivity index (χ0n) is 10.7. The van der Waals surface area contributed by atoms with Crippen molar-refractivity contribution in [3.8, 4) is 0 Å². The van der Waals surface area contributed by atoms with Gasteiger partial charge in [-0.1, -0.05) is 6.92 Å². The van der Waals surface area contributed by atoms with Crippen molar-refractivity contribution >= 4 is 12.0 Å². The number of hydrogen-bond donors (Lipinski definition) is 1. The molecule has 5 nitrogen and oxygen atoms in total. The van der Waals surface area contributed by atoms with Crippen LogP contribution in [0.4, 0.5) is 4.79 Å². The van der Waals surface area contributed by atoms with E-state index in [0.717, 1.165) is 0 Å². The average molecular weight is 230 g/mol. The smallest absolute Gasteiger partial charge is 0.319 e. The standard InChI is InChI=1S/C11H22N2O3/c1-6-13(8(2)3)11(16)12(5)7-9(4)10(14)15/h8-9H,6-7H2,1-5H3,(H,14,15). The summed E-state index contributed by atoms with van der Waals surface area (Å²) in [7, 11) is 1.63. The minimum atomic E-state index is -0.882. The van der Waals surface area contributed by atoms with Crippen LogP contribution in [0.15, 0.2) is 0 Å². The monoisotopic (exact) mass is 230 g/mol. The van der Waals surface area contributed by atoms with Crippen molar-refractivity contribution in [2.75, 3.05) is 20.1 Å². The molecule has 0 fully saturated rings. The number of hydrogen-bond acceptors (Lipinski definition) is 2. The van der Waals surface area contributed by atoms with Gasteiger partial charge in [0.15, 0.2) is 0 Å². The summed E-state index contributed by atoms with van der Waals surface area (Å²) in [5.41, 5.74) is 0.